The Morgan fingerprint density at radius 2 is 2.00 bits per heavy atom. The molecule has 1 N–H and O–H groups in total. The van der Waals surface area contributed by atoms with E-state index in [1.54, 1.807) is 18.2 Å². The van der Waals surface area contributed by atoms with E-state index < -0.39 is 5.97 Å². The van der Waals surface area contributed by atoms with E-state index in [1.165, 1.54) is 0 Å². The average Bonchev–Trinajstić information content (AvgIpc) is 2.74. The van der Waals surface area contributed by atoms with Gasteiger partial charge in [0.05, 0.1) is 24.4 Å². The third-order valence-corrected chi connectivity index (χ3v) is 6.40. The van der Waals surface area contributed by atoms with Crippen LogP contribution in [0.4, 0.5) is 0 Å². The summed E-state index contributed by atoms with van der Waals surface area (Å²) in [7, 11) is 0. The van der Waals surface area contributed by atoms with Crippen LogP contribution in [0.5, 0.6) is 5.75 Å². The van der Waals surface area contributed by atoms with Gasteiger partial charge in [-0.15, -0.1) is 0 Å². The molecular weight excluding hydrogens is 412 g/mol. The number of unbranched alkanes of at least 4 members (excludes halogenated alkanes) is 1. The SMILES string of the molecule is C=C(C)[C@H]1C[C@@H](c2ccccc2Cl)[C@H](C)O[C@@H]1c1cc(C(=O)O)ccc1OCCCC. The lowest BCUT2D eigenvalue weighted by atomic mass is 9.75. The largest absolute Gasteiger partial charge is 0.493 e. The molecule has 3 rings (SSSR count). The predicted molar refractivity (Wildman–Crippen MR) is 124 cm³/mol. The van der Waals surface area contributed by atoms with E-state index >= 15 is 0 Å². The minimum absolute atomic E-state index is 0.00930. The molecule has 166 valence electrons. The van der Waals surface area contributed by atoms with Crippen molar-refractivity contribution in [1.82, 2.24) is 0 Å². The first-order chi connectivity index (χ1) is 14.8. The Morgan fingerprint density at radius 1 is 1.26 bits per heavy atom. The molecule has 1 saturated heterocycles. The smallest absolute Gasteiger partial charge is 0.335 e. The van der Waals surface area contributed by atoms with Gasteiger partial charge in [-0.25, -0.2) is 4.79 Å². The molecule has 0 aromatic heterocycles. The lowest BCUT2D eigenvalue weighted by Gasteiger charge is -2.42. The van der Waals surface area contributed by atoms with Gasteiger partial charge >= 0.3 is 5.97 Å². The molecule has 0 bridgehead atoms. The van der Waals surface area contributed by atoms with Gasteiger partial charge in [0, 0.05) is 22.4 Å². The van der Waals surface area contributed by atoms with Crippen LogP contribution in [0.2, 0.25) is 5.02 Å². The highest BCUT2D eigenvalue weighted by Crippen LogP contribution is 2.49. The highest BCUT2D eigenvalue weighted by molar-refractivity contribution is 6.31. The standard InChI is InChI=1S/C26H31ClO4/c1-5-6-13-30-24-12-11-18(26(28)29)14-22(24)25-20(16(2)3)15-21(17(4)31-25)19-9-7-8-10-23(19)27/h7-12,14,17,20-21,25H,2,5-6,13,15H2,1,3-4H3,(H,28,29)/t17-,20+,21+,25-/m0/s1. The second-order valence-corrected chi connectivity index (χ2v) is 8.75. The highest BCUT2D eigenvalue weighted by atomic mass is 35.5. The zero-order valence-electron chi connectivity index (χ0n) is 18.4. The normalized spacial score (nSPS) is 23.4. The summed E-state index contributed by atoms with van der Waals surface area (Å²) in [4.78, 5) is 11.6. The van der Waals surface area contributed by atoms with Gasteiger partial charge in [0.15, 0.2) is 0 Å². The monoisotopic (exact) mass is 442 g/mol. The zero-order valence-corrected chi connectivity index (χ0v) is 19.2. The van der Waals surface area contributed by atoms with Crippen LogP contribution in [0.1, 0.15) is 73.5 Å². The number of ether oxygens (including phenoxy) is 2. The molecule has 0 saturated carbocycles. The molecule has 5 heteroatoms. The van der Waals surface area contributed by atoms with Crippen LogP contribution < -0.4 is 4.74 Å². The molecule has 2 aromatic carbocycles. The Kier molecular flexibility index (Phi) is 7.79. The summed E-state index contributed by atoms with van der Waals surface area (Å²) in [6, 6.07) is 12.9. The predicted octanol–water partition coefficient (Wildman–Crippen LogP) is 7.04. The number of hydrogen-bond acceptors (Lipinski definition) is 3. The first-order valence-electron chi connectivity index (χ1n) is 10.9. The number of carbonyl (C=O) groups is 1. The van der Waals surface area contributed by atoms with Gasteiger partial charge in [-0.05, 0) is 56.5 Å². The molecule has 0 spiro atoms. The minimum atomic E-state index is -0.967. The van der Waals surface area contributed by atoms with Crippen LogP contribution in [0.15, 0.2) is 54.6 Å². The molecule has 0 unspecified atom stereocenters. The van der Waals surface area contributed by atoms with Crippen molar-refractivity contribution in [2.24, 2.45) is 5.92 Å². The van der Waals surface area contributed by atoms with E-state index in [-0.39, 0.29) is 29.6 Å². The van der Waals surface area contributed by atoms with Gasteiger partial charge in [0.1, 0.15) is 5.75 Å². The van der Waals surface area contributed by atoms with Gasteiger partial charge < -0.3 is 14.6 Å². The van der Waals surface area contributed by atoms with Gasteiger partial charge in [0.2, 0.25) is 0 Å². The third kappa shape index (κ3) is 5.31. The van der Waals surface area contributed by atoms with Crippen LogP contribution in [-0.4, -0.2) is 23.8 Å². The molecule has 4 nitrogen and oxygen atoms in total. The summed E-state index contributed by atoms with van der Waals surface area (Å²) in [5, 5.41) is 10.3. The van der Waals surface area contributed by atoms with Crippen LogP contribution in [0, 0.1) is 5.92 Å². The van der Waals surface area contributed by atoms with Crippen molar-refractivity contribution in [1.29, 1.82) is 0 Å². The van der Waals surface area contributed by atoms with Crippen molar-refractivity contribution in [3.63, 3.8) is 0 Å². The number of aromatic carboxylic acids is 1. The van der Waals surface area contributed by atoms with E-state index in [4.69, 9.17) is 21.1 Å². The maximum absolute atomic E-state index is 11.6. The Labute approximate surface area is 189 Å². The van der Waals surface area contributed by atoms with Crippen LogP contribution >= 0.6 is 11.6 Å². The number of carboxylic acids is 1. The summed E-state index contributed by atoms with van der Waals surface area (Å²) in [5.41, 5.74) is 3.06. The Balaban J connectivity index is 1.99. The second-order valence-electron chi connectivity index (χ2n) is 8.34. The van der Waals surface area contributed by atoms with E-state index in [0.717, 1.165) is 41.0 Å². The maximum atomic E-state index is 11.6. The molecule has 1 aliphatic rings. The molecule has 31 heavy (non-hydrogen) atoms. The van der Waals surface area contributed by atoms with Crippen molar-refractivity contribution in [3.05, 3.63) is 76.3 Å². The van der Waals surface area contributed by atoms with Crippen LogP contribution in [0.3, 0.4) is 0 Å². The summed E-state index contributed by atoms with van der Waals surface area (Å²) in [6.45, 7) is 11.0. The van der Waals surface area contributed by atoms with Crippen molar-refractivity contribution in [2.75, 3.05) is 6.61 Å². The zero-order chi connectivity index (χ0) is 22.5. The summed E-state index contributed by atoms with van der Waals surface area (Å²) in [6.07, 6.45) is 2.34. The van der Waals surface area contributed by atoms with E-state index in [0.29, 0.717) is 12.4 Å². The molecule has 0 aliphatic carbocycles. The number of carboxylic acid groups (broad SMARTS) is 1. The van der Waals surface area contributed by atoms with Crippen molar-refractivity contribution in [3.8, 4) is 5.75 Å². The molecule has 0 radical (unpaired) electrons. The summed E-state index contributed by atoms with van der Waals surface area (Å²) < 4.78 is 12.6. The van der Waals surface area contributed by atoms with Gasteiger partial charge in [-0.1, -0.05) is 55.3 Å². The number of hydrogen-bond donors (Lipinski definition) is 1. The molecule has 1 fully saturated rings. The Bertz CT molecular complexity index is 939. The topological polar surface area (TPSA) is 55.8 Å². The molecule has 1 heterocycles. The van der Waals surface area contributed by atoms with Gasteiger partial charge in [-0.3, -0.25) is 0 Å². The summed E-state index contributed by atoms with van der Waals surface area (Å²) in [5.74, 6) is -0.155. The lowest BCUT2D eigenvalue weighted by Crippen LogP contribution is -2.34. The number of halogens is 1. The molecule has 2 aromatic rings. The van der Waals surface area contributed by atoms with Crippen LogP contribution in [0.25, 0.3) is 0 Å². The van der Waals surface area contributed by atoms with Crippen molar-refractivity contribution >= 4 is 17.6 Å². The Hall–Kier alpha value is -2.30. The number of benzene rings is 2. The van der Waals surface area contributed by atoms with E-state index in [9.17, 15) is 9.90 Å². The number of rotatable bonds is 8. The lowest BCUT2D eigenvalue weighted by molar-refractivity contribution is -0.0812. The fraction of sp³-hybridized carbons (Fsp3) is 0.423. The van der Waals surface area contributed by atoms with E-state index in [1.807, 2.05) is 38.1 Å². The van der Waals surface area contributed by atoms with Gasteiger partial charge in [0.25, 0.3) is 0 Å². The molecule has 1 aliphatic heterocycles. The van der Waals surface area contributed by atoms with Crippen LogP contribution in [-0.2, 0) is 4.74 Å². The fourth-order valence-electron chi connectivity index (χ4n) is 4.28. The molecule has 4 atom stereocenters. The minimum Gasteiger partial charge on any atom is -0.493 e. The first kappa shape index (κ1) is 23.4. The summed E-state index contributed by atoms with van der Waals surface area (Å²) >= 11 is 6.49. The first-order valence-corrected chi connectivity index (χ1v) is 11.3. The van der Waals surface area contributed by atoms with Crippen molar-refractivity contribution in [2.45, 2.75) is 58.2 Å². The fourth-order valence-corrected chi connectivity index (χ4v) is 4.55. The third-order valence-electron chi connectivity index (χ3n) is 6.06. The average molecular weight is 443 g/mol. The van der Waals surface area contributed by atoms with E-state index in [2.05, 4.69) is 13.5 Å². The highest BCUT2D eigenvalue weighted by Gasteiger charge is 2.39. The van der Waals surface area contributed by atoms with Crippen molar-refractivity contribution < 1.29 is 19.4 Å². The molecular formula is C26H31ClO4. The second kappa shape index (κ2) is 10.3. The van der Waals surface area contributed by atoms with Gasteiger partial charge in [-0.2, -0.15) is 0 Å². The molecule has 0 amide bonds. The quantitative estimate of drug-likeness (QED) is 0.351. The Morgan fingerprint density at radius 3 is 2.65 bits per heavy atom. The maximum Gasteiger partial charge on any atom is 0.335 e.